The maximum atomic E-state index is 12.5. The molecule has 0 aromatic carbocycles. The molecule has 0 radical (unpaired) electrons. The Balaban J connectivity index is 1.19. The summed E-state index contributed by atoms with van der Waals surface area (Å²) in [6.45, 7) is 6.65. The van der Waals surface area contributed by atoms with Crippen molar-refractivity contribution in [3.05, 3.63) is 30.7 Å². The van der Waals surface area contributed by atoms with E-state index in [-0.39, 0.29) is 11.8 Å². The number of hydrogen-bond acceptors (Lipinski definition) is 9. The molecule has 1 amide bonds. The Morgan fingerprint density at radius 1 is 1.07 bits per heavy atom. The maximum Gasteiger partial charge on any atom is 0.223 e. The highest BCUT2D eigenvalue weighted by atomic mass is 16.5. The van der Waals surface area contributed by atoms with Crippen molar-refractivity contribution >= 4 is 23.4 Å². The lowest BCUT2D eigenvalue weighted by Crippen LogP contribution is -2.44. The number of carbonyl (C=O) groups is 1. The summed E-state index contributed by atoms with van der Waals surface area (Å²) in [5.74, 6) is 2.37. The van der Waals surface area contributed by atoms with E-state index in [1.54, 1.807) is 12.3 Å². The minimum Gasteiger partial charge on any atom is -0.379 e. The molecule has 0 bridgehead atoms. The Kier molecular flexibility index (Phi) is 6.99. The SMILES string of the molecule is O=C(NCCN1CCOCC1)C1CCN(c2ccc(Nc3ccncn3)nn2)CC1. The first-order chi connectivity index (χ1) is 14.8. The van der Waals surface area contributed by atoms with Gasteiger partial charge in [0.1, 0.15) is 12.1 Å². The molecule has 0 unspecified atom stereocenters. The van der Waals surface area contributed by atoms with Crippen molar-refractivity contribution in [1.29, 1.82) is 0 Å². The van der Waals surface area contributed by atoms with Gasteiger partial charge in [0, 0.05) is 51.4 Å². The van der Waals surface area contributed by atoms with E-state index in [0.717, 1.165) is 64.6 Å². The first-order valence-corrected chi connectivity index (χ1v) is 10.5. The summed E-state index contributed by atoms with van der Waals surface area (Å²) in [5.41, 5.74) is 0. The molecule has 2 saturated heterocycles. The monoisotopic (exact) mass is 412 g/mol. The standard InChI is InChI=1S/C20H28N8O2/c29-20(22-7-10-27-11-13-30-14-12-27)16-4-8-28(9-5-16)19-2-1-18(25-26-19)24-17-3-6-21-15-23-17/h1-3,6,15-16H,4-5,7-14H2,(H,22,29)(H,21,23,24,25). The molecule has 0 spiro atoms. The van der Waals surface area contributed by atoms with Crippen molar-refractivity contribution < 1.29 is 9.53 Å². The molecule has 4 rings (SSSR count). The molecule has 30 heavy (non-hydrogen) atoms. The van der Waals surface area contributed by atoms with Crippen LogP contribution < -0.4 is 15.5 Å². The topological polar surface area (TPSA) is 108 Å². The molecule has 0 atom stereocenters. The number of piperidine rings is 1. The first kappa shape index (κ1) is 20.4. The van der Waals surface area contributed by atoms with Gasteiger partial charge >= 0.3 is 0 Å². The minimum absolute atomic E-state index is 0.0672. The Bertz CT molecular complexity index is 790. The second-order valence-electron chi connectivity index (χ2n) is 7.50. The number of carbonyl (C=O) groups excluding carboxylic acids is 1. The molecule has 0 aliphatic carbocycles. The summed E-state index contributed by atoms with van der Waals surface area (Å²) < 4.78 is 5.35. The number of aromatic nitrogens is 4. The number of nitrogens with one attached hydrogen (secondary N) is 2. The van der Waals surface area contributed by atoms with Gasteiger partial charge in [-0.3, -0.25) is 9.69 Å². The van der Waals surface area contributed by atoms with Gasteiger partial charge in [-0.1, -0.05) is 0 Å². The summed E-state index contributed by atoms with van der Waals surface area (Å²) in [4.78, 5) is 25.0. The fourth-order valence-corrected chi connectivity index (χ4v) is 3.73. The molecule has 160 valence electrons. The molecule has 0 saturated carbocycles. The summed E-state index contributed by atoms with van der Waals surface area (Å²) in [5, 5.41) is 14.7. The highest BCUT2D eigenvalue weighted by Crippen LogP contribution is 2.22. The normalized spacial score (nSPS) is 18.2. The molecular weight excluding hydrogens is 384 g/mol. The number of morpholine rings is 1. The average molecular weight is 412 g/mol. The number of hydrogen-bond donors (Lipinski definition) is 2. The van der Waals surface area contributed by atoms with Crippen molar-refractivity contribution in [3.8, 4) is 0 Å². The van der Waals surface area contributed by atoms with Crippen LogP contribution in [0.5, 0.6) is 0 Å². The van der Waals surface area contributed by atoms with Crippen LogP contribution in [0.25, 0.3) is 0 Å². The minimum atomic E-state index is 0.0672. The summed E-state index contributed by atoms with van der Waals surface area (Å²) in [6, 6.07) is 5.60. The van der Waals surface area contributed by atoms with Gasteiger partial charge < -0.3 is 20.3 Å². The molecular formula is C20H28N8O2. The van der Waals surface area contributed by atoms with Gasteiger partial charge in [-0.15, -0.1) is 10.2 Å². The Labute approximate surface area is 176 Å². The average Bonchev–Trinajstić information content (AvgIpc) is 2.81. The summed E-state index contributed by atoms with van der Waals surface area (Å²) >= 11 is 0. The zero-order chi connectivity index (χ0) is 20.6. The molecule has 2 aliphatic rings. The van der Waals surface area contributed by atoms with E-state index < -0.39 is 0 Å². The molecule has 2 fully saturated rings. The smallest absolute Gasteiger partial charge is 0.223 e. The van der Waals surface area contributed by atoms with Gasteiger partial charge in [0.05, 0.1) is 13.2 Å². The number of anilines is 3. The Morgan fingerprint density at radius 3 is 2.60 bits per heavy atom. The Hall–Kier alpha value is -2.85. The number of amides is 1. The van der Waals surface area contributed by atoms with Crippen LogP contribution in [0, 0.1) is 5.92 Å². The van der Waals surface area contributed by atoms with Gasteiger partial charge in [-0.05, 0) is 31.0 Å². The first-order valence-electron chi connectivity index (χ1n) is 10.5. The van der Waals surface area contributed by atoms with E-state index in [2.05, 4.69) is 40.6 Å². The van der Waals surface area contributed by atoms with Gasteiger partial charge in [0.25, 0.3) is 0 Å². The molecule has 2 aromatic rings. The zero-order valence-corrected chi connectivity index (χ0v) is 17.0. The highest BCUT2D eigenvalue weighted by Gasteiger charge is 2.25. The van der Waals surface area contributed by atoms with Crippen LogP contribution in [0.1, 0.15) is 12.8 Å². The molecule has 2 aliphatic heterocycles. The third kappa shape index (κ3) is 5.61. The Morgan fingerprint density at radius 2 is 1.90 bits per heavy atom. The van der Waals surface area contributed by atoms with Crippen LogP contribution in [0.4, 0.5) is 17.5 Å². The van der Waals surface area contributed by atoms with Crippen molar-refractivity contribution in [2.45, 2.75) is 12.8 Å². The molecule has 10 heteroatoms. The van der Waals surface area contributed by atoms with E-state index in [9.17, 15) is 4.79 Å². The quantitative estimate of drug-likeness (QED) is 0.678. The summed E-state index contributed by atoms with van der Waals surface area (Å²) in [6.07, 6.45) is 4.80. The lowest BCUT2D eigenvalue weighted by molar-refractivity contribution is -0.125. The van der Waals surface area contributed by atoms with Crippen LogP contribution in [-0.2, 0) is 9.53 Å². The van der Waals surface area contributed by atoms with Crippen molar-refractivity contribution in [1.82, 2.24) is 30.4 Å². The zero-order valence-electron chi connectivity index (χ0n) is 17.0. The molecule has 4 heterocycles. The highest BCUT2D eigenvalue weighted by molar-refractivity contribution is 5.79. The van der Waals surface area contributed by atoms with E-state index in [1.165, 1.54) is 6.33 Å². The van der Waals surface area contributed by atoms with Crippen LogP contribution >= 0.6 is 0 Å². The van der Waals surface area contributed by atoms with E-state index in [1.807, 2.05) is 12.1 Å². The fourth-order valence-electron chi connectivity index (χ4n) is 3.73. The van der Waals surface area contributed by atoms with Crippen molar-refractivity contribution in [3.63, 3.8) is 0 Å². The van der Waals surface area contributed by atoms with E-state index in [0.29, 0.717) is 18.2 Å². The van der Waals surface area contributed by atoms with Crippen LogP contribution in [0.3, 0.4) is 0 Å². The van der Waals surface area contributed by atoms with Gasteiger partial charge in [-0.25, -0.2) is 9.97 Å². The molecule has 2 aromatic heterocycles. The van der Waals surface area contributed by atoms with Crippen LogP contribution in [0.2, 0.25) is 0 Å². The number of ether oxygens (including phenoxy) is 1. The second kappa shape index (κ2) is 10.3. The van der Waals surface area contributed by atoms with Gasteiger partial charge in [0.2, 0.25) is 5.91 Å². The largest absolute Gasteiger partial charge is 0.379 e. The van der Waals surface area contributed by atoms with Crippen molar-refractivity contribution in [2.24, 2.45) is 5.92 Å². The second-order valence-corrected chi connectivity index (χ2v) is 7.50. The third-order valence-electron chi connectivity index (χ3n) is 5.51. The lowest BCUT2D eigenvalue weighted by Gasteiger charge is -2.32. The lowest BCUT2D eigenvalue weighted by atomic mass is 9.96. The number of nitrogens with zero attached hydrogens (tertiary/aromatic N) is 6. The van der Waals surface area contributed by atoms with Crippen LogP contribution in [-0.4, -0.2) is 83.5 Å². The predicted molar refractivity (Wildman–Crippen MR) is 113 cm³/mol. The third-order valence-corrected chi connectivity index (χ3v) is 5.51. The summed E-state index contributed by atoms with van der Waals surface area (Å²) in [7, 11) is 0. The fraction of sp³-hybridized carbons (Fsp3) is 0.550. The number of rotatable bonds is 7. The molecule has 2 N–H and O–H groups in total. The van der Waals surface area contributed by atoms with Crippen molar-refractivity contribution in [2.75, 3.05) is 62.7 Å². The van der Waals surface area contributed by atoms with Gasteiger partial charge in [-0.2, -0.15) is 0 Å². The molecule has 10 nitrogen and oxygen atoms in total. The van der Waals surface area contributed by atoms with E-state index >= 15 is 0 Å². The van der Waals surface area contributed by atoms with E-state index in [4.69, 9.17) is 4.74 Å². The maximum absolute atomic E-state index is 12.5. The van der Waals surface area contributed by atoms with Crippen LogP contribution in [0.15, 0.2) is 30.7 Å². The predicted octanol–water partition coefficient (Wildman–Crippen LogP) is 0.675. The van der Waals surface area contributed by atoms with Gasteiger partial charge in [0.15, 0.2) is 11.6 Å².